The third-order valence-electron chi connectivity index (χ3n) is 8.92. The lowest BCUT2D eigenvalue weighted by atomic mass is 9.51. The minimum atomic E-state index is 0.0143. The van der Waals surface area contributed by atoms with Gasteiger partial charge in [-0.25, -0.2) is 9.78 Å². The van der Waals surface area contributed by atoms with Gasteiger partial charge in [-0.15, -0.1) is 0 Å². The average molecular weight is 408 g/mol. The number of carbonyl (C=O) groups excluding carboxylic acids is 1. The van der Waals surface area contributed by atoms with Crippen LogP contribution >= 0.6 is 0 Å². The van der Waals surface area contributed by atoms with Gasteiger partial charge in [0.15, 0.2) is 11.5 Å². The maximum absolute atomic E-state index is 13.5. The summed E-state index contributed by atoms with van der Waals surface area (Å²) in [7, 11) is 0. The first-order valence-corrected chi connectivity index (χ1v) is 11.9. The third-order valence-corrected chi connectivity index (χ3v) is 8.92. The Hall–Kier alpha value is -2.04. The number of amides is 2. The largest absolute Gasteiger partial charge is 0.440 e. The van der Waals surface area contributed by atoms with E-state index in [2.05, 4.69) is 42.7 Å². The molecule has 2 atom stereocenters. The topological polar surface area (TPSA) is 49.6 Å². The van der Waals surface area contributed by atoms with E-state index in [4.69, 9.17) is 9.40 Å². The predicted molar refractivity (Wildman–Crippen MR) is 117 cm³/mol. The molecule has 1 saturated carbocycles. The second-order valence-electron chi connectivity index (χ2n) is 10.9. The minimum absolute atomic E-state index is 0.0143. The van der Waals surface area contributed by atoms with Crippen LogP contribution in [0.15, 0.2) is 16.5 Å². The fraction of sp³-hybridized carbons (Fsp3) is 0.680. The third kappa shape index (κ3) is 2.53. The Morgan fingerprint density at radius 1 is 1.10 bits per heavy atom. The SMILES string of the molecule is CC1(C)[C@H]2Cc3cc4oc(C5CC5)nc4cc3[C@]1(C)CCN2C(=O)N1CCCCC1. The molecule has 0 unspecified atom stereocenters. The van der Waals surface area contributed by atoms with E-state index in [0.717, 1.165) is 62.3 Å². The quantitative estimate of drug-likeness (QED) is 0.651. The zero-order valence-corrected chi connectivity index (χ0v) is 18.5. The number of nitrogens with zero attached hydrogens (tertiary/aromatic N) is 3. The summed E-state index contributed by atoms with van der Waals surface area (Å²) in [6.07, 6.45) is 7.84. The van der Waals surface area contributed by atoms with Crippen molar-refractivity contribution in [3.63, 3.8) is 0 Å². The number of rotatable bonds is 1. The van der Waals surface area contributed by atoms with E-state index in [9.17, 15) is 4.79 Å². The fourth-order valence-electron chi connectivity index (χ4n) is 6.35. The Morgan fingerprint density at radius 2 is 1.87 bits per heavy atom. The molecule has 6 rings (SSSR count). The zero-order valence-electron chi connectivity index (χ0n) is 18.5. The standard InChI is InChI=1S/C25H33N3O2/c1-24(2)21-14-17-13-20-19(26-22(30-20)16-7-8-16)15-18(17)25(24,3)9-12-28(21)23(29)27-10-5-4-6-11-27/h13,15-16,21H,4-12,14H2,1-3H3/t21-,25+/m1/s1. The maximum Gasteiger partial charge on any atom is 0.320 e. The van der Waals surface area contributed by atoms with Crippen LogP contribution in [0.25, 0.3) is 11.1 Å². The molecule has 2 saturated heterocycles. The van der Waals surface area contributed by atoms with Crippen LogP contribution < -0.4 is 0 Å². The predicted octanol–water partition coefficient (Wildman–Crippen LogP) is 5.23. The summed E-state index contributed by atoms with van der Waals surface area (Å²) in [5, 5.41) is 0. The first kappa shape index (κ1) is 18.7. The van der Waals surface area contributed by atoms with Gasteiger partial charge in [-0.05, 0) is 73.6 Å². The number of urea groups is 1. The molecule has 2 bridgehead atoms. The van der Waals surface area contributed by atoms with Crippen molar-refractivity contribution in [1.82, 2.24) is 14.8 Å². The highest BCUT2D eigenvalue weighted by atomic mass is 16.3. The van der Waals surface area contributed by atoms with E-state index < -0.39 is 0 Å². The molecule has 0 N–H and O–H groups in total. The van der Waals surface area contributed by atoms with Crippen molar-refractivity contribution in [1.29, 1.82) is 0 Å². The highest BCUT2D eigenvalue weighted by molar-refractivity contribution is 5.78. The number of fused-ring (bicyclic) bond motifs is 5. The van der Waals surface area contributed by atoms with Crippen LogP contribution in [0.2, 0.25) is 0 Å². The van der Waals surface area contributed by atoms with E-state index in [-0.39, 0.29) is 22.9 Å². The normalized spacial score (nSPS) is 30.4. The van der Waals surface area contributed by atoms with Crippen molar-refractivity contribution in [3.8, 4) is 0 Å². The molecule has 1 aromatic carbocycles. The van der Waals surface area contributed by atoms with Crippen molar-refractivity contribution in [2.45, 2.75) is 83.1 Å². The van der Waals surface area contributed by atoms with E-state index in [1.54, 1.807) is 0 Å². The van der Waals surface area contributed by atoms with Crippen molar-refractivity contribution in [3.05, 3.63) is 29.2 Å². The van der Waals surface area contributed by atoms with Gasteiger partial charge in [0.05, 0.1) is 0 Å². The van der Waals surface area contributed by atoms with Gasteiger partial charge in [-0.3, -0.25) is 0 Å². The second-order valence-corrected chi connectivity index (χ2v) is 10.9. The number of carbonyl (C=O) groups is 1. The number of likely N-dealkylation sites (tertiary alicyclic amines) is 2. The van der Waals surface area contributed by atoms with E-state index >= 15 is 0 Å². The summed E-state index contributed by atoms with van der Waals surface area (Å²) in [6.45, 7) is 9.84. The van der Waals surface area contributed by atoms with Crippen molar-refractivity contribution < 1.29 is 9.21 Å². The smallest absolute Gasteiger partial charge is 0.320 e. The number of oxazole rings is 1. The van der Waals surface area contributed by atoms with Gasteiger partial charge >= 0.3 is 6.03 Å². The van der Waals surface area contributed by atoms with Crippen LogP contribution in [0.4, 0.5) is 4.79 Å². The van der Waals surface area contributed by atoms with Gasteiger partial charge in [-0.2, -0.15) is 0 Å². The first-order valence-electron chi connectivity index (χ1n) is 11.9. The highest BCUT2D eigenvalue weighted by Gasteiger charge is 2.57. The molecule has 0 radical (unpaired) electrons. The van der Waals surface area contributed by atoms with Crippen LogP contribution in [-0.2, 0) is 11.8 Å². The van der Waals surface area contributed by atoms with Crippen LogP contribution in [0.5, 0.6) is 0 Å². The Balaban J connectivity index is 1.40. The van der Waals surface area contributed by atoms with Crippen molar-refractivity contribution in [2.24, 2.45) is 5.41 Å². The first-order chi connectivity index (χ1) is 14.4. The van der Waals surface area contributed by atoms with Crippen LogP contribution in [0.3, 0.4) is 0 Å². The second kappa shape index (κ2) is 6.24. The summed E-state index contributed by atoms with van der Waals surface area (Å²) >= 11 is 0. The Bertz CT molecular complexity index is 1010. The molecule has 4 aliphatic rings. The van der Waals surface area contributed by atoms with Crippen LogP contribution in [0.1, 0.15) is 82.2 Å². The molecule has 2 aromatic rings. The molecule has 160 valence electrons. The Labute approximate surface area is 178 Å². The number of aromatic nitrogens is 1. The summed E-state index contributed by atoms with van der Waals surface area (Å²) in [5.41, 5.74) is 4.77. The van der Waals surface area contributed by atoms with Gasteiger partial charge in [0.1, 0.15) is 5.52 Å². The van der Waals surface area contributed by atoms with E-state index in [1.807, 2.05) is 0 Å². The van der Waals surface area contributed by atoms with E-state index in [1.165, 1.54) is 30.4 Å². The summed E-state index contributed by atoms with van der Waals surface area (Å²) < 4.78 is 6.13. The lowest BCUT2D eigenvalue weighted by Crippen LogP contribution is -2.66. The number of piperidine rings is 2. The fourth-order valence-corrected chi connectivity index (χ4v) is 6.35. The Kier molecular flexibility index (Phi) is 3.89. The molecule has 1 aromatic heterocycles. The molecule has 5 nitrogen and oxygen atoms in total. The molecule has 2 amide bonds. The van der Waals surface area contributed by atoms with Gasteiger partial charge in [0.2, 0.25) is 0 Å². The molecular formula is C25H33N3O2. The van der Waals surface area contributed by atoms with E-state index in [0.29, 0.717) is 5.92 Å². The van der Waals surface area contributed by atoms with Gasteiger partial charge < -0.3 is 14.2 Å². The maximum atomic E-state index is 13.5. The molecule has 3 fully saturated rings. The number of hydrogen-bond acceptors (Lipinski definition) is 3. The van der Waals surface area contributed by atoms with Crippen molar-refractivity contribution in [2.75, 3.05) is 19.6 Å². The monoisotopic (exact) mass is 407 g/mol. The van der Waals surface area contributed by atoms with Gasteiger partial charge in [0.25, 0.3) is 0 Å². The molecule has 0 spiro atoms. The van der Waals surface area contributed by atoms with Crippen LogP contribution in [0, 0.1) is 5.41 Å². The molecule has 2 aliphatic carbocycles. The summed E-state index contributed by atoms with van der Waals surface area (Å²) in [4.78, 5) is 22.6. The summed E-state index contributed by atoms with van der Waals surface area (Å²) in [6, 6.07) is 5.02. The molecule has 30 heavy (non-hydrogen) atoms. The van der Waals surface area contributed by atoms with Crippen LogP contribution in [-0.4, -0.2) is 46.5 Å². The average Bonchev–Trinajstić information content (AvgIpc) is 3.50. The highest BCUT2D eigenvalue weighted by Crippen LogP contribution is 2.56. The van der Waals surface area contributed by atoms with Crippen molar-refractivity contribution >= 4 is 17.1 Å². The number of benzene rings is 1. The molecule has 5 heteroatoms. The molecular weight excluding hydrogens is 374 g/mol. The minimum Gasteiger partial charge on any atom is -0.440 e. The number of hydrogen-bond donors (Lipinski definition) is 0. The van der Waals surface area contributed by atoms with Gasteiger partial charge in [-0.1, -0.05) is 20.8 Å². The molecule has 3 heterocycles. The lowest BCUT2D eigenvalue weighted by molar-refractivity contribution is -0.0241. The lowest BCUT2D eigenvalue weighted by Gasteiger charge is -2.61. The molecule has 2 aliphatic heterocycles. The van der Waals surface area contributed by atoms with Gasteiger partial charge in [0, 0.05) is 37.0 Å². The summed E-state index contributed by atoms with van der Waals surface area (Å²) in [5.74, 6) is 1.44. The Morgan fingerprint density at radius 3 is 2.60 bits per heavy atom. The zero-order chi connectivity index (χ0) is 20.7.